The van der Waals surface area contributed by atoms with E-state index in [1.807, 2.05) is 11.8 Å². The lowest BCUT2D eigenvalue weighted by atomic mass is 9.84. The molecule has 22 heavy (non-hydrogen) atoms. The Kier molecular flexibility index (Phi) is 4.15. The lowest BCUT2D eigenvalue weighted by molar-refractivity contribution is -0.147. The molecule has 3 nitrogen and oxygen atoms in total. The molecule has 0 saturated carbocycles. The molecule has 1 aromatic rings. The largest absolute Gasteiger partial charge is 0.481 e. The number of fused-ring (bicyclic) bond motifs is 1. The average molecular weight is 315 g/mol. The van der Waals surface area contributed by atoms with E-state index >= 15 is 0 Å². The third-order valence-corrected chi connectivity index (χ3v) is 4.28. The average Bonchev–Trinajstić information content (AvgIpc) is 2.72. The monoisotopic (exact) mass is 315 g/mol. The van der Waals surface area contributed by atoms with Gasteiger partial charge in [0, 0.05) is 18.3 Å². The van der Waals surface area contributed by atoms with Gasteiger partial charge in [-0.05, 0) is 57.4 Å². The van der Waals surface area contributed by atoms with E-state index in [-0.39, 0.29) is 6.04 Å². The van der Waals surface area contributed by atoms with Crippen molar-refractivity contribution in [3.8, 4) is 0 Å². The maximum Gasteiger partial charge on any atom is 0.416 e. The fourth-order valence-electron chi connectivity index (χ4n) is 3.05. The molecule has 1 aromatic carbocycles. The van der Waals surface area contributed by atoms with E-state index in [0.29, 0.717) is 24.9 Å². The van der Waals surface area contributed by atoms with Crippen molar-refractivity contribution in [1.82, 2.24) is 0 Å². The van der Waals surface area contributed by atoms with Crippen molar-refractivity contribution in [3.05, 3.63) is 29.3 Å². The lowest BCUT2D eigenvalue weighted by Gasteiger charge is -2.31. The van der Waals surface area contributed by atoms with Gasteiger partial charge in [-0.2, -0.15) is 13.2 Å². The molecule has 0 bridgehead atoms. The molecule has 0 amide bonds. The molecule has 0 radical (unpaired) electrons. The molecular weight excluding hydrogens is 295 g/mol. The van der Waals surface area contributed by atoms with Gasteiger partial charge >= 0.3 is 12.1 Å². The summed E-state index contributed by atoms with van der Waals surface area (Å²) in [5.74, 6) is -0.893. The van der Waals surface area contributed by atoms with Crippen LogP contribution in [0.5, 0.6) is 0 Å². The Bertz CT molecular complexity index is 581. The molecule has 0 aliphatic carbocycles. The number of hydrogen-bond acceptors (Lipinski definition) is 2. The normalized spacial score (nSPS) is 18.5. The number of halogens is 3. The standard InChI is InChI=1S/C16H20F3NO2/c1-4-20-12(9-15(2,3)14(21)22)8-10-7-11(16(17,18)19)5-6-13(10)20/h5-7,12H,4,8-9H2,1-3H3,(H,21,22). The minimum atomic E-state index is -4.36. The van der Waals surface area contributed by atoms with Crippen LogP contribution in [0.3, 0.4) is 0 Å². The summed E-state index contributed by atoms with van der Waals surface area (Å²) in [4.78, 5) is 13.3. The van der Waals surface area contributed by atoms with E-state index in [1.54, 1.807) is 13.8 Å². The Morgan fingerprint density at radius 3 is 2.50 bits per heavy atom. The molecule has 0 aromatic heterocycles. The molecular formula is C16H20F3NO2. The molecule has 1 N–H and O–H groups in total. The molecule has 0 saturated heterocycles. The molecule has 1 aliphatic rings. The van der Waals surface area contributed by atoms with Gasteiger partial charge in [0.2, 0.25) is 0 Å². The van der Waals surface area contributed by atoms with Gasteiger partial charge < -0.3 is 10.0 Å². The molecule has 1 atom stereocenters. The number of rotatable bonds is 4. The van der Waals surface area contributed by atoms with Crippen molar-refractivity contribution in [2.75, 3.05) is 11.4 Å². The third kappa shape index (κ3) is 3.05. The molecule has 1 heterocycles. The van der Waals surface area contributed by atoms with Crippen LogP contribution < -0.4 is 4.90 Å². The second-order valence-corrected chi connectivity index (χ2v) is 6.38. The fourth-order valence-corrected chi connectivity index (χ4v) is 3.05. The SMILES string of the molecule is CCN1c2ccc(C(F)(F)F)cc2CC1CC(C)(C)C(=O)O. The van der Waals surface area contributed by atoms with Crippen molar-refractivity contribution in [2.45, 2.75) is 45.8 Å². The summed E-state index contributed by atoms with van der Waals surface area (Å²) in [6, 6.07) is 3.68. The van der Waals surface area contributed by atoms with Crippen molar-refractivity contribution < 1.29 is 23.1 Å². The van der Waals surface area contributed by atoms with Crippen molar-refractivity contribution in [2.24, 2.45) is 5.41 Å². The van der Waals surface area contributed by atoms with Crippen LogP contribution in [0.2, 0.25) is 0 Å². The topological polar surface area (TPSA) is 40.5 Å². The number of aliphatic carboxylic acids is 1. The van der Waals surface area contributed by atoms with Crippen molar-refractivity contribution in [1.29, 1.82) is 0 Å². The predicted octanol–water partition coefficient (Wildman–Crippen LogP) is 3.96. The van der Waals surface area contributed by atoms with E-state index in [4.69, 9.17) is 0 Å². The summed E-state index contributed by atoms with van der Waals surface area (Å²) in [5.41, 5.74) is -0.141. The van der Waals surface area contributed by atoms with Gasteiger partial charge in [0.15, 0.2) is 0 Å². The first kappa shape index (κ1) is 16.6. The number of alkyl halides is 3. The quantitative estimate of drug-likeness (QED) is 0.914. The van der Waals surface area contributed by atoms with Crippen LogP contribution in [-0.2, 0) is 17.4 Å². The van der Waals surface area contributed by atoms with E-state index < -0.39 is 23.1 Å². The Balaban J connectivity index is 2.30. The third-order valence-electron chi connectivity index (χ3n) is 4.28. The summed E-state index contributed by atoms with van der Waals surface area (Å²) in [5, 5.41) is 9.26. The van der Waals surface area contributed by atoms with Crippen molar-refractivity contribution in [3.63, 3.8) is 0 Å². The van der Waals surface area contributed by atoms with Crippen LogP contribution in [0.4, 0.5) is 18.9 Å². The zero-order valence-electron chi connectivity index (χ0n) is 12.9. The number of carboxylic acids is 1. The Labute approximate surface area is 127 Å². The number of carbonyl (C=O) groups is 1. The summed E-state index contributed by atoms with van der Waals surface area (Å²) >= 11 is 0. The molecule has 6 heteroatoms. The number of anilines is 1. The molecule has 1 aliphatic heterocycles. The first-order valence-electron chi connectivity index (χ1n) is 7.26. The highest BCUT2D eigenvalue weighted by atomic mass is 19.4. The highest BCUT2D eigenvalue weighted by Gasteiger charge is 2.38. The van der Waals surface area contributed by atoms with Crippen LogP contribution in [0, 0.1) is 5.41 Å². The second-order valence-electron chi connectivity index (χ2n) is 6.38. The van der Waals surface area contributed by atoms with E-state index in [0.717, 1.165) is 11.8 Å². The molecule has 1 unspecified atom stereocenters. The smallest absolute Gasteiger partial charge is 0.416 e. The van der Waals surface area contributed by atoms with E-state index in [9.17, 15) is 23.1 Å². The summed E-state index contributed by atoms with van der Waals surface area (Å²) in [7, 11) is 0. The maximum atomic E-state index is 12.8. The Morgan fingerprint density at radius 1 is 1.36 bits per heavy atom. The van der Waals surface area contributed by atoms with Gasteiger partial charge in [0.25, 0.3) is 0 Å². The highest BCUT2D eigenvalue weighted by Crippen LogP contribution is 2.40. The summed E-state index contributed by atoms with van der Waals surface area (Å²) < 4.78 is 38.5. The first-order chi connectivity index (χ1) is 10.1. The highest BCUT2D eigenvalue weighted by molar-refractivity contribution is 5.74. The van der Waals surface area contributed by atoms with Gasteiger partial charge in [0.1, 0.15) is 0 Å². The van der Waals surface area contributed by atoms with E-state index in [1.165, 1.54) is 12.1 Å². The number of nitrogens with zero attached hydrogens (tertiary/aromatic N) is 1. The molecule has 122 valence electrons. The van der Waals surface area contributed by atoms with Crippen LogP contribution in [0.15, 0.2) is 18.2 Å². The second kappa shape index (κ2) is 5.48. The summed E-state index contributed by atoms with van der Waals surface area (Å²) in [6.07, 6.45) is -3.51. The van der Waals surface area contributed by atoms with E-state index in [2.05, 4.69) is 0 Å². The number of benzene rings is 1. The lowest BCUT2D eigenvalue weighted by Crippen LogP contribution is -2.38. The summed E-state index contributed by atoms with van der Waals surface area (Å²) in [6.45, 7) is 5.85. The number of likely N-dealkylation sites (N-methyl/N-ethyl adjacent to an activating group) is 1. The first-order valence-corrected chi connectivity index (χ1v) is 7.26. The van der Waals surface area contributed by atoms with Gasteiger partial charge in [-0.3, -0.25) is 4.79 Å². The number of carboxylic acid groups (broad SMARTS) is 1. The van der Waals surface area contributed by atoms with Crippen molar-refractivity contribution >= 4 is 11.7 Å². The Morgan fingerprint density at radius 2 is 2.00 bits per heavy atom. The molecule has 2 rings (SSSR count). The van der Waals surface area contributed by atoms with Gasteiger partial charge in [-0.1, -0.05) is 0 Å². The van der Waals surface area contributed by atoms with Crippen LogP contribution in [0.25, 0.3) is 0 Å². The van der Waals surface area contributed by atoms with Crippen LogP contribution in [0.1, 0.15) is 38.3 Å². The van der Waals surface area contributed by atoms with Gasteiger partial charge in [-0.25, -0.2) is 0 Å². The molecule has 0 fully saturated rings. The zero-order chi connectivity index (χ0) is 16.7. The zero-order valence-corrected chi connectivity index (χ0v) is 12.9. The van der Waals surface area contributed by atoms with Gasteiger partial charge in [0.05, 0.1) is 11.0 Å². The van der Waals surface area contributed by atoms with Crippen LogP contribution >= 0.6 is 0 Å². The van der Waals surface area contributed by atoms with Gasteiger partial charge in [-0.15, -0.1) is 0 Å². The Hall–Kier alpha value is -1.72. The maximum absolute atomic E-state index is 12.8. The minimum absolute atomic E-state index is 0.0883. The number of hydrogen-bond donors (Lipinski definition) is 1. The minimum Gasteiger partial charge on any atom is -0.481 e. The van der Waals surface area contributed by atoms with Crippen LogP contribution in [-0.4, -0.2) is 23.7 Å². The predicted molar refractivity (Wildman–Crippen MR) is 78.0 cm³/mol. The molecule has 0 spiro atoms. The fraction of sp³-hybridized carbons (Fsp3) is 0.562.